The fourth-order valence-corrected chi connectivity index (χ4v) is 3.76. The van der Waals surface area contributed by atoms with Gasteiger partial charge in [0, 0.05) is 16.1 Å². The SMILES string of the molecule is CC(C)(C)OC(=O)n1cc(CN2C(=O)c3ccccc3C2=O)c2ccc(Br)cc21. The summed E-state index contributed by atoms with van der Waals surface area (Å²) in [7, 11) is 0. The van der Waals surface area contributed by atoms with Crippen LogP contribution in [-0.2, 0) is 11.3 Å². The number of nitrogens with zero attached hydrogens (tertiary/aromatic N) is 2. The van der Waals surface area contributed by atoms with Crippen LogP contribution >= 0.6 is 15.9 Å². The van der Waals surface area contributed by atoms with Crippen molar-refractivity contribution in [3.8, 4) is 0 Å². The van der Waals surface area contributed by atoms with Gasteiger partial charge >= 0.3 is 6.09 Å². The van der Waals surface area contributed by atoms with Gasteiger partial charge in [0.25, 0.3) is 11.8 Å². The summed E-state index contributed by atoms with van der Waals surface area (Å²) in [5, 5.41) is 0.774. The van der Waals surface area contributed by atoms with Gasteiger partial charge in [-0.15, -0.1) is 0 Å². The van der Waals surface area contributed by atoms with Crippen LogP contribution < -0.4 is 0 Å². The molecule has 6 nitrogen and oxygen atoms in total. The molecular formula is C22H19BrN2O4. The van der Waals surface area contributed by atoms with Crippen molar-refractivity contribution >= 4 is 44.7 Å². The summed E-state index contributed by atoms with van der Waals surface area (Å²) in [5.41, 5.74) is 1.47. The molecule has 1 aliphatic rings. The average Bonchev–Trinajstić information content (AvgIpc) is 3.12. The Bertz CT molecular complexity index is 1140. The second kappa shape index (κ2) is 6.84. The highest BCUT2D eigenvalue weighted by Crippen LogP contribution is 2.30. The molecule has 0 fully saturated rings. The van der Waals surface area contributed by atoms with E-state index < -0.39 is 11.7 Å². The lowest BCUT2D eigenvalue weighted by molar-refractivity contribution is 0.0544. The van der Waals surface area contributed by atoms with E-state index in [0.29, 0.717) is 22.2 Å². The van der Waals surface area contributed by atoms with Gasteiger partial charge in [0.15, 0.2) is 0 Å². The molecule has 3 aromatic rings. The van der Waals surface area contributed by atoms with Gasteiger partial charge in [-0.1, -0.05) is 34.1 Å². The Morgan fingerprint density at radius 2 is 1.66 bits per heavy atom. The molecule has 0 bridgehead atoms. The smallest absolute Gasteiger partial charge is 0.419 e. The van der Waals surface area contributed by atoms with Crippen LogP contribution in [0.15, 0.2) is 53.1 Å². The van der Waals surface area contributed by atoms with E-state index in [9.17, 15) is 14.4 Å². The number of carbonyl (C=O) groups excluding carboxylic acids is 3. The van der Waals surface area contributed by atoms with Gasteiger partial charge in [0.05, 0.1) is 23.2 Å². The Hall–Kier alpha value is -2.93. The molecule has 0 N–H and O–H groups in total. The molecule has 0 spiro atoms. The first-order chi connectivity index (χ1) is 13.7. The molecule has 0 atom stereocenters. The van der Waals surface area contributed by atoms with Gasteiger partial charge in [-0.05, 0) is 50.6 Å². The number of imide groups is 1. The largest absolute Gasteiger partial charge is 0.443 e. The van der Waals surface area contributed by atoms with Crippen molar-refractivity contribution < 1.29 is 19.1 Å². The molecule has 1 aromatic heterocycles. The third-order valence-electron chi connectivity index (χ3n) is 4.65. The van der Waals surface area contributed by atoms with Crippen LogP contribution in [0.3, 0.4) is 0 Å². The Morgan fingerprint density at radius 1 is 1.03 bits per heavy atom. The molecule has 7 heteroatoms. The van der Waals surface area contributed by atoms with E-state index in [2.05, 4.69) is 15.9 Å². The number of benzene rings is 2. The third kappa shape index (κ3) is 3.46. The molecular weight excluding hydrogens is 436 g/mol. The van der Waals surface area contributed by atoms with Gasteiger partial charge < -0.3 is 4.74 Å². The normalized spacial score (nSPS) is 13.9. The number of hydrogen-bond acceptors (Lipinski definition) is 4. The molecule has 148 valence electrons. The van der Waals surface area contributed by atoms with E-state index >= 15 is 0 Å². The maximum atomic E-state index is 12.7. The van der Waals surface area contributed by atoms with Crippen LogP contribution in [0.5, 0.6) is 0 Å². The number of amides is 2. The number of aromatic nitrogens is 1. The molecule has 0 unspecified atom stereocenters. The van der Waals surface area contributed by atoms with Crippen LogP contribution in [0.2, 0.25) is 0 Å². The molecule has 0 saturated heterocycles. The van der Waals surface area contributed by atoms with E-state index in [1.54, 1.807) is 51.2 Å². The molecule has 2 aromatic carbocycles. The lowest BCUT2D eigenvalue weighted by atomic mass is 10.1. The van der Waals surface area contributed by atoms with E-state index in [0.717, 1.165) is 9.86 Å². The van der Waals surface area contributed by atoms with Crippen molar-refractivity contribution in [1.82, 2.24) is 9.47 Å². The molecule has 29 heavy (non-hydrogen) atoms. The molecule has 0 aliphatic carbocycles. The van der Waals surface area contributed by atoms with Gasteiger partial charge in [0.1, 0.15) is 5.60 Å². The van der Waals surface area contributed by atoms with Crippen LogP contribution in [0.4, 0.5) is 4.79 Å². The van der Waals surface area contributed by atoms with Crippen LogP contribution in [0.1, 0.15) is 47.1 Å². The summed E-state index contributed by atoms with van der Waals surface area (Å²) in [4.78, 5) is 39.4. The Kier molecular flexibility index (Phi) is 4.58. The van der Waals surface area contributed by atoms with Crippen molar-refractivity contribution in [1.29, 1.82) is 0 Å². The quantitative estimate of drug-likeness (QED) is 0.511. The monoisotopic (exact) mass is 454 g/mol. The zero-order valence-electron chi connectivity index (χ0n) is 16.2. The Balaban J connectivity index is 1.75. The predicted molar refractivity (Wildman–Crippen MR) is 112 cm³/mol. The number of carbonyl (C=O) groups is 3. The van der Waals surface area contributed by atoms with Crippen LogP contribution in [0, 0.1) is 0 Å². The van der Waals surface area contributed by atoms with Crippen molar-refractivity contribution in [3.05, 3.63) is 69.8 Å². The summed E-state index contributed by atoms with van der Waals surface area (Å²) in [6.07, 6.45) is 1.11. The minimum atomic E-state index is -0.650. The van der Waals surface area contributed by atoms with E-state index in [4.69, 9.17) is 4.74 Å². The van der Waals surface area contributed by atoms with Crippen molar-refractivity contribution in [3.63, 3.8) is 0 Å². The molecule has 4 rings (SSSR count). The van der Waals surface area contributed by atoms with E-state index in [1.807, 2.05) is 18.2 Å². The second-order valence-electron chi connectivity index (χ2n) is 7.91. The lowest BCUT2D eigenvalue weighted by Gasteiger charge is -2.19. The topological polar surface area (TPSA) is 68.6 Å². The van der Waals surface area contributed by atoms with Gasteiger partial charge in [-0.3, -0.25) is 19.1 Å². The van der Waals surface area contributed by atoms with Crippen molar-refractivity contribution in [2.45, 2.75) is 32.9 Å². The third-order valence-corrected chi connectivity index (χ3v) is 5.14. The predicted octanol–water partition coefficient (Wildman–Crippen LogP) is 4.98. The highest BCUT2D eigenvalue weighted by Gasteiger charge is 2.35. The lowest BCUT2D eigenvalue weighted by Crippen LogP contribution is -2.29. The first-order valence-corrected chi connectivity index (χ1v) is 9.93. The molecule has 2 amide bonds. The minimum absolute atomic E-state index is 0.0697. The second-order valence-corrected chi connectivity index (χ2v) is 8.82. The highest BCUT2D eigenvalue weighted by molar-refractivity contribution is 9.10. The van der Waals surface area contributed by atoms with Gasteiger partial charge in [-0.25, -0.2) is 4.79 Å². The zero-order chi connectivity index (χ0) is 20.9. The van der Waals surface area contributed by atoms with Gasteiger partial charge in [0.2, 0.25) is 0 Å². The molecule has 0 saturated carbocycles. The minimum Gasteiger partial charge on any atom is -0.443 e. The van der Waals surface area contributed by atoms with Crippen molar-refractivity contribution in [2.24, 2.45) is 0 Å². The standard InChI is InChI=1S/C22H19BrN2O4/c1-22(2,3)29-21(28)24-11-13(15-9-8-14(23)10-18(15)24)12-25-19(26)16-6-4-5-7-17(16)20(25)27/h4-11H,12H2,1-3H3. The van der Waals surface area contributed by atoms with E-state index in [-0.39, 0.29) is 18.4 Å². The summed E-state index contributed by atoms with van der Waals surface area (Å²) < 4.78 is 7.73. The zero-order valence-corrected chi connectivity index (χ0v) is 17.8. The summed E-state index contributed by atoms with van der Waals surface area (Å²) >= 11 is 3.43. The Labute approximate surface area is 176 Å². The summed E-state index contributed by atoms with van der Waals surface area (Å²) in [6, 6.07) is 12.3. The number of hydrogen-bond donors (Lipinski definition) is 0. The number of fused-ring (bicyclic) bond motifs is 2. The average molecular weight is 455 g/mol. The molecule has 0 radical (unpaired) electrons. The van der Waals surface area contributed by atoms with Crippen LogP contribution in [0.25, 0.3) is 10.9 Å². The van der Waals surface area contributed by atoms with E-state index in [1.165, 1.54) is 9.47 Å². The fourth-order valence-electron chi connectivity index (χ4n) is 3.41. The number of rotatable bonds is 2. The fraction of sp³-hybridized carbons (Fsp3) is 0.227. The first-order valence-electron chi connectivity index (χ1n) is 9.14. The number of ether oxygens (including phenoxy) is 1. The maximum Gasteiger partial charge on any atom is 0.419 e. The Morgan fingerprint density at radius 3 is 2.24 bits per heavy atom. The van der Waals surface area contributed by atoms with Gasteiger partial charge in [-0.2, -0.15) is 0 Å². The van der Waals surface area contributed by atoms with Crippen molar-refractivity contribution in [2.75, 3.05) is 0 Å². The molecule has 1 aliphatic heterocycles. The first kappa shape index (κ1) is 19.4. The van der Waals surface area contributed by atoms with Crippen LogP contribution in [-0.4, -0.2) is 33.0 Å². The maximum absolute atomic E-state index is 12.7. The highest BCUT2D eigenvalue weighted by atomic mass is 79.9. The number of halogens is 1. The summed E-state index contributed by atoms with van der Waals surface area (Å²) in [6.45, 7) is 5.46. The summed E-state index contributed by atoms with van der Waals surface area (Å²) in [5.74, 6) is -0.665. The molecule has 2 heterocycles.